The van der Waals surface area contributed by atoms with Gasteiger partial charge >= 0.3 is 12.1 Å². The van der Waals surface area contributed by atoms with E-state index < -0.39 is 18.1 Å². The van der Waals surface area contributed by atoms with Gasteiger partial charge in [0.1, 0.15) is 6.61 Å². The van der Waals surface area contributed by atoms with E-state index in [-0.39, 0.29) is 6.61 Å². The van der Waals surface area contributed by atoms with E-state index >= 15 is 0 Å². The van der Waals surface area contributed by atoms with Gasteiger partial charge in [0.05, 0.1) is 0 Å². The van der Waals surface area contributed by atoms with Crippen LogP contribution in [0.25, 0.3) is 0 Å². The third-order valence-corrected chi connectivity index (χ3v) is 2.18. The number of likely N-dealkylation sites (tertiary alicyclic amines) is 1. The number of allylic oxidation sites excluding steroid dienone is 1. The summed E-state index contributed by atoms with van der Waals surface area (Å²) >= 11 is 0. The van der Waals surface area contributed by atoms with Crippen molar-refractivity contribution in [3.63, 3.8) is 0 Å². The normalized spacial score (nSPS) is 22.1. The first-order chi connectivity index (χ1) is 7.11. The molecule has 0 spiro atoms. The predicted octanol–water partition coefficient (Wildman–Crippen LogP) is 1.02. The van der Waals surface area contributed by atoms with E-state index in [0.29, 0.717) is 6.54 Å². The van der Waals surface area contributed by atoms with Crippen LogP contribution in [0.2, 0.25) is 0 Å². The summed E-state index contributed by atoms with van der Waals surface area (Å²) in [6, 6.07) is -0.868. The minimum Gasteiger partial charge on any atom is -0.479 e. The molecule has 1 unspecified atom stereocenters. The highest BCUT2D eigenvalue weighted by Gasteiger charge is 2.42. The molecule has 0 aromatic rings. The van der Waals surface area contributed by atoms with E-state index in [4.69, 9.17) is 9.84 Å². The first kappa shape index (κ1) is 11.3. The Kier molecular flexibility index (Phi) is 3.49. The van der Waals surface area contributed by atoms with Crippen molar-refractivity contribution in [2.45, 2.75) is 13.0 Å². The highest BCUT2D eigenvalue weighted by Crippen LogP contribution is 2.24. The van der Waals surface area contributed by atoms with E-state index in [1.807, 2.05) is 0 Å². The Hall–Kier alpha value is -1.78. The maximum Gasteiger partial charge on any atom is 0.411 e. The highest BCUT2D eigenvalue weighted by molar-refractivity contribution is 5.86. The summed E-state index contributed by atoms with van der Waals surface area (Å²) in [6.07, 6.45) is 2.52. The van der Waals surface area contributed by atoms with Crippen molar-refractivity contribution in [3.8, 4) is 0 Å². The minimum atomic E-state index is -1.04. The van der Waals surface area contributed by atoms with Gasteiger partial charge in [0.2, 0.25) is 0 Å². The topological polar surface area (TPSA) is 66.8 Å². The molecule has 1 fully saturated rings. The van der Waals surface area contributed by atoms with Gasteiger partial charge in [-0.3, -0.25) is 4.90 Å². The van der Waals surface area contributed by atoms with Gasteiger partial charge in [0.15, 0.2) is 6.04 Å². The van der Waals surface area contributed by atoms with E-state index in [0.717, 1.165) is 5.57 Å². The third-order valence-electron chi connectivity index (χ3n) is 2.18. The Morgan fingerprint density at radius 2 is 2.40 bits per heavy atom. The fraction of sp³-hybridized carbons (Fsp3) is 0.400. The van der Waals surface area contributed by atoms with Gasteiger partial charge in [0, 0.05) is 6.54 Å². The maximum absolute atomic E-state index is 11.3. The summed E-state index contributed by atoms with van der Waals surface area (Å²) in [5.41, 5.74) is 0.720. The molecule has 1 atom stereocenters. The van der Waals surface area contributed by atoms with Crippen molar-refractivity contribution in [2.75, 3.05) is 13.2 Å². The summed E-state index contributed by atoms with van der Waals surface area (Å²) < 4.78 is 4.75. The van der Waals surface area contributed by atoms with Crippen molar-refractivity contribution >= 4 is 12.1 Å². The van der Waals surface area contributed by atoms with Crippen LogP contribution >= 0.6 is 0 Å². The van der Waals surface area contributed by atoms with Crippen LogP contribution < -0.4 is 0 Å². The largest absolute Gasteiger partial charge is 0.479 e. The number of aliphatic carboxylic acids is 1. The second kappa shape index (κ2) is 4.63. The number of carbonyl (C=O) groups is 2. The van der Waals surface area contributed by atoms with Crippen LogP contribution in [0, 0.1) is 0 Å². The van der Waals surface area contributed by atoms with E-state index in [1.54, 1.807) is 13.0 Å². The molecule has 0 bridgehead atoms. The van der Waals surface area contributed by atoms with Crippen molar-refractivity contribution in [1.82, 2.24) is 4.90 Å². The minimum absolute atomic E-state index is 0.0901. The lowest BCUT2D eigenvalue weighted by molar-refractivity contribution is -0.143. The average Bonchev–Trinajstić information content (AvgIpc) is 2.12. The first-order valence-electron chi connectivity index (χ1n) is 4.54. The molecule has 82 valence electrons. The molecule has 0 aromatic heterocycles. The molecule has 5 heteroatoms. The second-order valence-corrected chi connectivity index (χ2v) is 3.10. The molecule has 1 saturated heterocycles. The number of hydrogen-bond donors (Lipinski definition) is 1. The number of carboxylic acids is 1. The molecule has 5 nitrogen and oxygen atoms in total. The number of rotatable bonds is 3. The lowest BCUT2D eigenvalue weighted by Gasteiger charge is -2.39. The molecule has 1 aliphatic rings. The van der Waals surface area contributed by atoms with Gasteiger partial charge in [-0.1, -0.05) is 18.7 Å². The van der Waals surface area contributed by atoms with Gasteiger partial charge in [-0.2, -0.15) is 0 Å². The highest BCUT2D eigenvalue weighted by atomic mass is 16.6. The van der Waals surface area contributed by atoms with Crippen LogP contribution in [0.1, 0.15) is 6.92 Å². The van der Waals surface area contributed by atoms with Crippen LogP contribution in [0.3, 0.4) is 0 Å². The van der Waals surface area contributed by atoms with Gasteiger partial charge < -0.3 is 9.84 Å². The Labute approximate surface area is 87.6 Å². The van der Waals surface area contributed by atoms with Crippen molar-refractivity contribution in [2.24, 2.45) is 0 Å². The number of ether oxygens (including phenoxy) is 1. The molecule has 0 aromatic carbocycles. The smallest absolute Gasteiger partial charge is 0.411 e. The molecule has 0 radical (unpaired) electrons. The van der Waals surface area contributed by atoms with Crippen LogP contribution in [0.5, 0.6) is 0 Å². The quantitative estimate of drug-likeness (QED) is 0.708. The lowest BCUT2D eigenvalue weighted by atomic mass is 9.96. The molecular formula is C10H13NO4. The van der Waals surface area contributed by atoms with Crippen LogP contribution in [-0.4, -0.2) is 41.3 Å². The summed E-state index contributed by atoms with van der Waals surface area (Å²) in [5.74, 6) is -1.04. The average molecular weight is 211 g/mol. The van der Waals surface area contributed by atoms with Gasteiger partial charge in [0.25, 0.3) is 0 Å². The van der Waals surface area contributed by atoms with Crippen molar-refractivity contribution in [1.29, 1.82) is 0 Å². The maximum atomic E-state index is 11.3. The molecule has 1 heterocycles. The van der Waals surface area contributed by atoms with Gasteiger partial charge in [-0.15, -0.1) is 0 Å². The zero-order valence-electron chi connectivity index (χ0n) is 8.47. The molecular weight excluding hydrogens is 198 g/mol. The van der Waals surface area contributed by atoms with Gasteiger partial charge in [-0.05, 0) is 12.5 Å². The molecule has 1 aliphatic heterocycles. The third kappa shape index (κ3) is 2.18. The van der Waals surface area contributed by atoms with E-state index in [2.05, 4.69) is 6.58 Å². The molecule has 1 amide bonds. The predicted molar refractivity (Wildman–Crippen MR) is 53.4 cm³/mol. The van der Waals surface area contributed by atoms with Crippen LogP contribution in [0.15, 0.2) is 24.3 Å². The van der Waals surface area contributed by atoms with E-state index in [1.165, 1.54) is 11.0 Å². The van der Waals surface area contributed by atoms with Crippen LogP contribution in [-0.2, 0) is 9.53 Å². The molecule has 1 N–H and O–H groups in total. The molecule has 0 saturated carbocycles. The summed E-state index contributed by atoms with van der Waals surface area (Å²) in [4.78, 5) is 23.3. The standard InChI is InChI=1S/C10H13NO4/c1-3-5-15-10(14)11-6-7(4-2)8(11)9(12)13/h3-4,8H,1,5-6H2,2H3,(H,12,13)/b7-4-. The summed E-state index contributed by atoms with van der Waals surface area (Å²) in [7, 11) is 0. The Morgan fingerprint density at radius 1 is 1.73 bits per heavy atom. The fourth-order valence-electron chi connectivity index (χ4n) is 1.39. The fourth-order valence-corrected chi connectivity index (χ4v) is 1.39. The summed E-state index contributed by atoms with van der Waals surface area (Å²) in [5, 5.41) is 8.87. The number of amides is 1. The molecule has 15 heavy (non-hydrogen) atoms. The number of carbonyl (C=O) groups excluding carboxylic acids is 1. The zero-order valence-corrected chi connectivity index (χ0v) is 8.47. The number of nitrogens with zero attached hydrogens (tertiary/aromatic N) is 1. The van der Waals surface area contributed by atoms with Crippen molar-refractivity contribution in [3.05, 3.63) is 24.3 Å². The second-order valence-electron chi connectivity index (χ2n) is 3.10. The summed E-state index contributed by atoms with van der Waals surface area (Å²) in [6.45, 7) is 5.56. The molecule has 0 aliphatic carbocycles. The van der Waals surface area contributed by atoms with Crippen molar-refractivity contribution < 1.29 is 19.4 Å². The first-order valence-corrected chi connectivity index (χ1v) is 4.54. The number of hydrogen-bond acceptors (Lipinski definition) is 3. The zero-order chi connectivity index (χ0) is 11.4. The SMILES string of the molecule is C=CCOC(=O)N1C/C(=C/C)C1C(=O)O. The Balaban J connectivity index is 2.61. The van der Waals surface area contributed by atoms with E-state index in [9.17, 15) is 9.59 Å². The number of carboxylic acid groups (broad SMARTS) is 1. The van der Waals surface area contributed by atoms with Crippen LogP contribution in [0.4, 0.5) is 4.79 Å². The lowest BCUT2D eigenvalue weighted by Crippen LogP contribution is -2.57. The van der Waals surface area contributed by atoms with Gasteiger partial charge in [-0.25, -0.2) is 9.59 Å². The Bertz CT molecular complexity index is 321. The molecule has 1 rings (SSSR count). The Morgan fingerprint density at radius 3 is 2.87 bits per heavy atom. The monoisotopic (exact) mass is 211 g/mol.